The summed E-state index contributed by atoms with van der Waals surface area (Å²) in [6, 6.07) is 5.53. The molecule has 0 atom stereocenters. The Labute approximate surface area is 127 Å². The van der Waals surface area contributed by atoms with Gasteiger partial charge >= 0.3 is 0 Å². The molecule has 0 saturated carbocycles. The molecule has 0 aliphatic carbocycles. The van der Waals surface area contributed by atoms with Crippen molar-refractivity contribution < 1.29 is 14.3 Å². The summed E-state index contributed by atoms with van der Waals surface area (Å²) < 4.78 is 11.5. The largest absolute Gasteiger partial charge is 0.493 e. The molecule has 0 aromatic heterocycles. The van der Waals surface area contributed by atoms with Crippen LogP contribution in [-0.4, -0.2) is 19.6 Å². The maximum Gasteiger partial charge on any atom is 0.211 e. The molecule has 1 amide bonds. The summed E-state index contributed by atoms with van der Waals surface area (Å²) in [5.74, 6) is 1.46. The van der Waals surface area contributed by atoms with Crippen LogP contribution in [0.3, 0.4) is 0 Å². The summed E-state index contributed by atoms with van der Waals surface area (Å²) >= 11 is 0. The Bertz CT molecular complexity index is 407. The lowest BCUT2D eigenvalue weighted by atomic mass is 10.2. The van der Waals surface area contributed by atoms with Crippen LogP contribution in [0.2, 0.25) is 0 Å². The number of carbonyl (C=O) groups excluding carboxylic acids is 1. The van der Waals surface area contributed by atoms with Gasteiger partial charge in [-0.05, 0) is 25.0 Å². The van der Waals surface area contributed by atoms with Crippen molar-refractivity contribution in [3.63, 3.8) is 0 Å². The molecule has 1 rings (SSSR count). The van der Waals surface area contributed by atoms with Crippen LogP contribution in [0.5, 0.6) is 11.5 Å². The molecule has 4 heteroatoms. The minimum Gasteiger partial charge on any atom is -0.493 e. The molecule has 0 aliphatic rings. The number of ether oxygens (including phenoxy) is 2. The van der Waals surface area contributed by atoms with E-state index in [0.717, 1.165) is 31.4 Å². The van der Waals surface area contributed by atoms with Gasteiger partial charge in [-0.25, -0.2) is 0 Å². The third kappa shape index (κ3) is 7.02. The Morgan fingerprint density at radius 2 is 1.67 bits per heavy atom. The van der Waals surface area contributed by atoms with Crippen molar-refractivity contribution in [1.82, 2.24) is 0 Å². The molecule has 21 heavy (non-hydrogen) atoms. The normalized spacial score (nSPS) is 10.2. The van der Waals surface area contributed by atoms with Crippen molar-refractivity contribution in [2.45, 2.75) is 52.4 Å². The van der Waals surface area contributed by atoms with E-state index in [9.17, 15) is 4.79 Å². The average Bonchev–Trinajstić information content (AvgIpc) is 2.50. The van der Waals surface area contributed by atoms with E-state index >= 15 is 0 Å². The van der Waals surface area contributed by atoms with Gasteiger partial charge in [-0.3, -0.25) is 4.79 Å². The average molecular weight is 293 g/mol. The van der Waals surface area contributed by atoms with Crippen molar-refractivity contribution >= 4 is 12.1 Å². The molecule has 0 heterocycles. The van der Waals surface area contributed by atoms with Crippen molar-refractivity contribution in [1.29, 1.82) is 0 Å². The van der Waals surface area contributed by atoms with Gasteiger partial charge in [-0.2, -0.15) is 0 Å². The van der Waals surface area contributed by atoms with E-state index in [1.807, 2.05) is 18.2 Å². The van der Waals surface area contributed by atoms with Gasteiger partial charge in [0.2, 0.25) is 6.41 Å². The van der Waals surface area contributed by atoms with Crippen molar-refractivity contribution in [3.8, 4) is 11.5 Å². The molecule has 0 aliphatic heterocycles. The van der Waals surface area contributed by atoms with Gasteiger partial charge < -0.3 is 14.8 Å². The van der Waals surface area contributed by atoms with E-state index in [1.165, 1.54) is 12.8 Å². The van der Waals surface area contributed by atoms with E-state index in [0.29, 0.717) is 31.1 Å². The van der Waals surface area contributed by atoms with Crippen LogP contribution in [0.15, 0.2) is 18.2 Å². The van der Waals surface area contributed by atoms with E-state index in [1.54, 1.807) is 0 Å². The van der Waals surface area contributed by atoms with Gasteiger partial charge in [0.1, 0.15) is 11.5 Å². The minimum absolute atomic E-state index is 0.653. The minimum atomic E-state index is 0.653. The lowest BCUT2D eigenvalue weighted by Crippen LogP contribution is -2.03. The number of carbonyl (C=O) groups is 1. The van der Waals surface area contributed by atoms with Crippen molar-refractivity contribution in [3.05, 3.63) is 18.2 Å². The Morgan fingerprint density at radius 1 is 1.00 bits per heavy atom. The molecule has 4 nitrogen and oxygen atoms in total. The zero-order valence-electron chi connectivity index (χ0n) is 13.2. The zero-order valence-corrected chi connectivity index (χ0v) is 13.2. The summed E-state index contributed by atoms with van der Waals surface area (Å²) in [4.78, 5) is 10.6. The van der Waals surface area contributed by atoms with Crippen molar-refractivity contribution in [2.75, 3.05) is 18.5 Å². The lowest BCUT2D eigenvalue weighted by molar-refractivity contribution is -0.105. The third-order valence-electron chi connectivity index (χ3n) is 3.19. The predicted molar refractivity (Wildman–Crippen MR) is 86.2 cm³/mol. The smallest absolute Gasteiger partial charge is 0.211 e. The number of rotatable bonds is 12. The van der Waals surface area contributed by atoms with Crippen LogP contribution in [0, 0.1) is 0 Å². The number of amides is 1. The first kappa shape index (κ1) is 17.3. The molecule has 0 saturated heterocycles. The van der Waals surface area contributed by atoms with Crippen LogP contribution >= 0.6 is 0 Å². The van der Waals surface area contributed by atoms with E-state index < -0.39 is 0 Å². The second kappa shape index (κ2) is 11.0. The number of hydrogen-bond acceptors (Lipinski definition) is 3. The number of hydrogen-bond donors (Lipinski definition) is 1. The molecule has 118 valence electrons. The van der Waals surface area contributed by atoms with E-state index in [2.05, 4.69) is 19.2 Å². The second-order valence-electron chi connectivity index (χ2n) is 5.03. The summed E-state index contributed by atoms with van der Waals surface area (Å²) in [5.41, 5.74) is 0.683. The number of nitrogens with one attached hydrogen (secondary N) is 1. The first-order valence-electron chi connectivity index (χ1n) is 7.91. The Morgan fingerprint density at radius 3 is 2.29 bits per heavy atom. The quantitative estimate of drug-likeness (QED) is 0.459. The zero-order chi connectivity index (χ0) is 15.3. The van der Waals surface area contributed by atoms with E-state index in [4.69, 9.17) is 9.47 Å². The summed E-state index contributed by atoms with van der Waals surface area (Å²) in [5, 5.41) is 2.66. The third-order valence-corrected chi connectivity index (χ3v) is 3.19. The molecule has 1 aromatic rings. The standard InChI is InChI=1S/C17H27NO3/c1-3-5-7-11-20-15-9-10-16(18-14-19)17(13-15)21-12-8-6-4-2/h9-10,13-14H,3-8,11-12H2,1-2H3,(H,18,19). The van der Waals surface area contributed by atoms with Gasteiger partial charge in [-0.1, -0.05) is 39.5 Å². The van der Waals surface area contributed by atoms with E-state index in [-0.39, 0.29) is 0 Å². The van der Waals surface area contributed by atoms with Crippen LogP contribution in [0.4, 0.5) is 5.69 Å². The number of unbranched alkanes of at least 4 members (excludes halogenated alkanes) is 4. The lowest BCUT2D eigenvalue weighted by Gasteiger charge is -2.13. The topological polar surface area (TPSA) is 47.6 Å². The Hall–Kier alpha value is -1.71. The van der Waals surface area contributed by atoms with Crippen LogP contribution in [0.1, 0.15) is 52.4 Å². The highest BCUT2D eigenvalue weighted by Crippen LogP contribution is 2.29. The highest BCUT2D eigenvalue weighted by molar-refractivity contribution is 5.76. The highest BCUT2D eigenvalue weighted by Gasteiger charge is 2.06. The first-order valence-corrected chi connectivity index (χ1v) is 7.91. The molecular formula is C17H27NO3. The number of benzene rings is 1. The van der Waals surface area contributed by atoms with Gasteiger partial charge in [-0.15, -0.1) is 0 Å². The molecule has 1 N–H and O–H groups in total. The molecular weight excluding hydrogens is 266 g/mol. The van der Waals surface area contributed by atoms with Gasteiger partial charge in [0.25, 0.3) is 0 Å². The van der Waals surface area contributed by atoms with Crippen LogP contribution < -0.4 is 14.8 Å². The molecule has 1 aromatic carbocycles. The molecule has 0 unspecified atom stereocenters. The maximum atomic E-state index is 10.6. The maximum absolute atomic E-state index is 10.6. The van der Waals surface area contributed by atoms with Crippen molar-refractivity contribution in [2.24, 2.45) is 0 Å². The van der Waals surface area contributed by atoms with Crippen LogP contribution in [0.25, 0.3) is 0 Å². The SMILES string of the molecule is CCCCCOc1ccc(NC=O)c(OCCCCC)c1. The van der Waals surface area contributed by atoms with Crippen LogP contribution in [-0.2, 0) is 4.79 Å². The highest BCUT2D eigenvalue weighted by atomic mass is 16.5. The Balaban J connectivity index is 2.59. The molecule has 0 fully saturated rings. The first-order chi connectivity index (χ1) is 10.3. The fourth-order valence-corrected chi connectivity index (χ4v) is 1.97. The predicted octanol–water partition coefficient (Wildman–Crippen LogP) is 4.39. The van der Waals surface area contributed by atoms with Gasteiger partial charge in [0.15, 0.2) is 0 Å². The Kier molecular flexibility index (Phi) is 9.09. The van der Waals surface area contributed by atoms with Gasteiger partial charge in [0.05, 0.1) is 18.9 Å². The summed E-state index contributed by atoms with van der Waals surface area (Å²) in [6.45, 7) is 5.69. The number of anilines is 1. The molecule has 0 bridgehead atoms. The molecule has 0 spiro atoms. The second-order valence-corrected chi connectivity index (χ2v) is 5.03. The summed E-state index contributed by atoms with van der Waals surface area (Å²) in [7, 11) is 0. The summed E-state index contributed by atoms with van der Waals surface area (Å²) in [6.07, 6.45) is 7.38. The van der Waals surface area contributed by atoms with Gasteiger partial charge in [0, 0.05) is 6.07 Å². The monoisotopic (exact) mass is 293 g/mol. The fraction of sp³-hybridized carbons (Fsp3) is 0.588. The fourth-order valence-electron chi connectivity index (χ4n) is 1.97. The molecule has 0 radical (unpaired) electrons.